The van der Waals surface area contributed by atoms with Crippen LogP contribution in [0.3, 0.4) is 0 Å². The van der Waals surface area contributed by atoms with Gasteiger partial charge < -0.3 is 9.84 Å². The molecule has 0 aromatic carbocycles. The number of rotatable bonds is 5. The highest BCUT2D eigenvalue weighted by atomic mass is 16.5. The van der Waals surface area contributed by atoms with Crippen LogP contribution >= 0.6 is 0 Å². The van der Waals surface area contributed by atoms with E-state index in [4.69, 9.17) is 4.74 Å². The van der Waals surface area contributed by atoms with E-state index >= 15 is 0 Å². The minimum Gasteiger partial charge on any atom is -0.388 e. The van der Waals surface area contributed by atoms with Crippen molar-refractivity contribution in [2.75, 3.05) is 7.11 Å². The van der Waals surface area contributed by atoms with Crippen molar-refractivity contribution < 1.29 is 9.84 Å². The Morgan fingerprint density at radius 2 is 2.12 bits per heavy atom. The van der Waals surface area contributed by atoms with Gasteiger partial charge in [0.05, 0.1) is 11.7 Å². The van der Waals surface area contributed by atoms with E-state index in [2.05, 4.69) is 4.98 Å². The summed E-state index contributed by atoms with van der Waals surface area (Å²) in [5.74, 6) is 0. The Kier molecular flexibility index (Phi) is 4.44. The average molecular weight is 223 g/mol. The normalized spacial score (nSPS) is 13.8. The fourth-order valence-corrected chi connectivity index (χ4v) is 1.43. The van der Waals surface area contributed by atoms with E-state index in [1.54, 1.807) is 13.3 Å². The molecule has 1 heterocycles. The van der Waals surface area contributed by atoms with Crippen LogP contribution in [0.4, 0.5) is 0 Å². The van der Waals surface area contributed by atoms with Crippen molar-refractivity contribution in [2.24, 2.45) is 0 Å². The maximum absolute atomic E-state index is 9.97. The number of hydrogen-bond donors (Lipinski definition) is 1. The average Bonchev–Trinajstić information content (AvgIpc) is 2.27. The molecule has 1 aromatic heterocycles. The predicted octanol–water partition coefficient (Wildman–Crippen LogP) is 2.63. The lowest BCUT2D eigenvalue weighted by Crippen LogP contribution is -2.23. The molecule has 0 aliphatic rings. The Balaban J connectivity index is 2.53. The number of aliphatic hydroxyl groups is 1. The van der Waals surface area contributed by atoms with Gasteiger partial charge in [-0.25, -0.2) is 0 Å². The summed E-state index contributed by atoms with van der Waals surface area (Å²) in [7, 11) is 1.69. The van der Waals surface area contributed by atoms with Gasteiger partial charge in [-0.15, -0.1) is 0 Å². The molecule has 3 heteroatoms. The first-order valence-electron chi connectivity index (χ1n) is 5.60. The Hall–Kier alpha value is -0.930. The first-order valence-corrected chi connectivity index (χ1v) is 5.60. The summed E-state index contributed by atoms with van der Waals surface area (Å²) >= 11 is 0. The van der Waals surface area contributed by atoms with Crippen LogP contribution in [-0.4, -0.2) is 22.8 Å². The first kappa shape index (κ1) is 13.1. The van der Waals surface area contributed by atoms with E-state index in [1.165, 1.54) is 0 Å². The van der Waals surface area contributed by atoms with Crippen molar-refractivity contribution in [3.63, 3.8) is 0 Å². The third-order valence-electron chi connectivity index (χ3n) is 2.89. The summed E-state index contributed by atoms with van der Waals surface area (Å²) in [5.41, 5.74) is 1.66. The van der Waals surface area contributed by atoms with Crippen LogP contribution in [0, 0.1) is 6.92 Å². The summed E-state index contributed by atoms with van der Waals surface area (Å²) in [6.45, 7) is 5.98. The molecule has 1 unspecified atom stereocenters. The summed E-state index contributed by atoms with van der Waals surface area (Å²) < 4.78 is 5.32. The maximum atomic E-state index is 9.97. The highest BCUT2D eigenvalue weighted by Crippen LogP contribution is 2.23. The van der Waals surface area contributed by atoms with Gasteiger partial charge in [0, 0.05) is 19.0 Å². The monoisotopic (exact) mass is 223 g/mol. The lowest BCUT2D eigenvalue weighted by atomic mass is 9.97. The van der Waals surface area contributed by atoms with Gasteiger partial charge in [0.15, 0.2) is 0 Å². The molecule has 0 bridgehead atoms. The third-order valence-corrected chi connectivity index (χ3v) is 2.89. The Morgan fingerprint density at radius 3 is 2.62 bits per heavy atom. The molecule has 1 rings (SSSR count). The topological polar surface area (TPSA) is 42.4 Å². The van der Waals surface area contributed by atoms with Crippen molar-refractivity contribution >= 4 is 0 Å². The van der Waals surface area contributed by atoms with Crippen LogP contribution in [0.1, 0.15) is 44.1 Å². The van der Waals surface area contributed by atoms with Gasteiger partial charge >= 0.3 is 0 Å². The quantitative estimate of drug-likeness (QED) is 0.834. The lowest BCUT2D eigenvalue weighted by Gasteiger charge is -2.24. The lowest BCUT2D eigenvalue weighted by molar-refractivity contribution is 0.00276. The van der Waals surface area contributed by atoms with Crippen LogP contribution in [-0.2, 0) is 4.74 Å². The van der Waals surface area contributed by atoms with Gasteiger partial charge in [0.25, 0.3) is 0 Å². The Labute approximate surface area is 97.5 Å². The fourth-order valence-electron chi connectivity index (χ4n) is 1.43. The van der Waals surface area contributed by atoms with E-state index < -0.39 is 6.10 Å². The molecule has 90 valence electrons. The van der Waals surface area contributed by atoms with Crippen LogP contribution < -0.4 is 0 Å². The van der Waals surface area contributed by atoms with Crippen molar-refractivity contribution in [3.05, 3.63) is 29.6 Å². The minimum absolute atomic E-state index is 0.181. The van der Waals surface area contributed by atoms with Gasteiger partial charge in [0.2, 0.25) is 0 Å². The van der Waals surface area contributed by atoms with E-state index in [0.29, 0.717) is 6.42 Å². The van der Waals surface area contributed by atoms with Crippen molar-refractivity contribution in [1.82, 2.24) is 4.98 Å². The van der Waals surface area contributed by atoms with Crippen molar-refractivity contribution in [3.8, 4) is 0 Å². The van der Waals surface area contributed by atoms with E-state index in [9.17, 15) is 5.11 Å². The second-order valence-corrected chi connectivity index (χ2v) is 4.75. The molecular formula is C13H21NO2. The van der Waals surface area contributed by atoms with Crippen LogP contribution in [0.5, 0.6) is 0 Å². The van der Waals surface area contributed by atoms with Gasteiger partial charge in [-0.1, -0.05) is 6.07 Å². The van der Waals surface area contributed by atoms with Crippen molar-refractivity contribution in [2.45, 2.75) is 45.3 Å². The molecule has 0 saturated heterocycles. The summed E-state index contributed by atoms with van der Waals surface area (Å²) in [4.78, 5) is 4.17. The van der Waals surface area contributed by atoms with Crippen LogP contribution in [0.2, 0.25) is 0 Å². The number of hydrogen-bond acceptors (Lipinski definition) is 3. The zero-order valence-corrected chi connectivity index (χ0v) is 10.5. The predicted molar refractivity (Wildman–Crippen MR) is 64.3 cm³/mol. The standard InChI is InChI=1S/C13H21NO2/c1-10-5-6-11(9-14-10)12(15)7-8-13(2,3)16-4/h5-6,9,12,15H,7-8H2,1-4H3. The van der Waals surface area contributed by atoms with Crippen LogP contribution in [0.15, 0.2) is 18.3 Å². The molecule has 0 aliphatic heterocycles. The summed E-state index contributed by atoms with van der Waals surface area (Å²) in [5, 5.41) is 9.97. The molecule has 1 aromatic rings. The van der Waals surface area contributed by atoms with Crippen LogP contribution in [0.25, 0.3) is 0 Å². The van der Waals surface area contributed by atoms with E-state index in [1.807, 2.05) is 32.9 Å². The van der Waals surface area contributed by atoms with Gasteiger partial charge in [-0.3, -0.25) is 4.98 Å². The number of methoxy groups -OCH3 is 1. The van der Waals surface area contributed by atoms with Gasteiger partial charge in [-0.2, -0.15) is 0 Å². The molecule has 3 nitrogen and oxygen atoms in total. The third kappa shape index (κ3) is 3.91. The minimum atomic E-state index is -0.456. The molecule has 16 heavy (non-hydrogen) atoms. The van der Waals surface area contributed by atoms with Crippen molar-refractivity contribution in [1.29, 1.82) is 0 Å². The fraction of sp³-hybridized carbons (Fsp3) is 0.615. The number of ether oxygens (including phenoxy) is 1. The highest BCUT2D eigenvalue weighted by molar-refractivity contribution is 5.15. The second-order valence-electron chi connectivity index (χ2n) is 4.75. The molecule has 0 spiro atoms. The first-order chi connectivity index (χ1) is 7.44. The van der Waals surface area contributed by atoms with E-state index in [0.717, 1.165) is 17.7 Å². The summed E-state index contributed by atoms with van der Waals surface area (Å²) in [6, 6.07) is 3.84. The summed E-state index contributed by atoms with van der Waals surface area (Å²) in [6.07, 6.45) is 2.78. The van der Waals surface area contributed by atoms with E-state index in [-0.39, 0.29) is 5.60 Å². The number of aromatic nitrogens is 1. The Bertz CT molecular complexity index is 319. The molecule has 0 radical (unpaired) electrons. The molecule has 0 amide bonds. The maximum Gasteiger partial charge on any atom is 0.0806 e. The molecule has 1 N–H and O–H groups in total. The number of nitrogens with zero attached hydrogens (tertiary/aromatic N) is 1. The number of aliphatic hydroxyl groups excluding tert-OH is 1. The van der Waals surface area contributed by atoms with Gasteiger partial charge in [0.1, 0.15) is 0 Å². The molecule has 0 saturated carbocycles. The second kappa shape index (κ2) is 5.41. The SMILES string of the molecule is COC(C)(C)CCC(O)c1ccc(C)nc1. The zero-order chi connectivity index (χ0) is 12.2. The smallest absolute Gasteiger partial charge is 0.0806 e. The largest absolute Gasteiger partial charge is 0.388 e. The zero-order valence-electron chi connectivity index (χ0n) is 10.5. The molecule has 0 aliphatic carbocycles. The molecule has 1 atom stereocenters. The Morgan fingerprint density at radius 1 is 1.44 bits per heavy atom. The molecular weight excluding hydrogens is 202 g/mol. The number of aryl methyl sites for hydroxylation is 1. The highest BCUT2D eigenvalue weighted by Gasteiger charge is 2.18. The number of pyridine rings is 1. The van der Waals surface area contributed by atoms with Gasteiger partial charge in [-0.05, 0) is 45.2 Å². The molecule has 0 fully saturated rings.